The third-order valence-electron chi connectivity index (χ3n) is 4.05. The first-order valence-corrected chi connectivity index (χ1v) is 8.22. The lowest BCUT2D eigenvalue weighted by atomic mass is 10.1. The van der Waals surface area contributed by atoms with E-state index in [2.05, 4.69) is 29.7 Å². The molecule has 1 heterocycles. The first kappa shape index (κ1) is 16.2. The molecule has 0 bridgehead atoms. The second kappa shape index (κ2) is 7.25. The zero-order valence-corrected chi connectivity index (χ0v) is 14.0. The van der Waals surface area contributed by atoms with Gasteiger partial charge in [-0.1, -0.05) is 37.3 Å². The van der Waals surface area contributed by atoms with Crippen LogP contribution in [0.15, 0.2) is 42.5 Å². The number of anilines is 1. The molecule has 5 heteroatoms. The Hall–Kier alpha value is -2.69. The Kier molecular flexibility index (Phi) is 4.89. The number of hydrogen-bond donors (Lipinski definition) is 2. The van der Waals surface area contributed by atoms with Gasteiger partial charge in [-0.2, -0.15) is 0 Å². The minimum atomic E-state index is -0.273. The molecular weight excluding hydrogens is 304 g/mol. The third kappa shape index (κ3) is 3.62. The fourth-order valence-electron chi connectivity index (χ4n) is 2.65. The second-order valence-electron chi connectivity index (χ2n) is 5.75. The van der Waals surface area contributed by atoms with Crippen LogP contribution in [0.3, 0.4) is 0 Å². The maximum atomic E-state index is 12.3. The largest absolute Gasteiger partial charge is 0.486 e. The van der Waals surface area contributed by atoms with Crippen molar-refractivity contribution in [2.75, 3.05) is 18.5 Å². The van der Waals surface area contributed by atoms with Gasteiger partial charge in [0.25, 0.3) is 0 Å². The monoisotopic (exact) mass is 326 g/mol. The minimum absolute atomic E-state index is 0.0902. The van der Waals surface area contributed by atoms with Gasteiger partial charge in [-0.25, -0.2) is 4.79 Å². The molecule has 2 aromatic carbocycles. The first-order chi connectivity index (χ1) is 11.7. The molecule has 5 nitrogen and oxygen atoms in total. The molecule has 0 aromatic heterocycles. The molecule has 1 unspecified atom stereocenters. The minimum Gasteiger partial charge on any atom is -0.486 e. The highest BCUT2D eigenvalue weighted by Gasteiger charge is 2.18. The predicted molar refractivity (Wildman–Crippen MR) is 93.8 cm³/mol. The summed E-state index contributed by atoms with van der Waals surface area (Å²) in [5.41, 5.74) is 2.96. The van der Waals surface area contributed by atoms with Gasteiger partial charge in [-0.3, -0.25) is 0 Å². The van der Waals surface area contributed by atoms with E-state index < -0.39 is 0 Å². The van der Waals surface area contributed by atoms with E-state index in [0.717, 1.165) is 12.0 Å². The van der Waals surface area contributed by atoms with Gasteiger partial charge in [0.15, 0.2) is 11.5 Å². The van der Waals surface area contributed by atoms with Crippen molar-refractivity contribution < 1.29 is 14.3 Å². The van der Waals surface area contributed by atoms with Crippen molar-refractivity contribution >= 4 is 11.7 Å². The standard InChI is InChI=1S/C19H22N2O3/c1-3-14-7-9-15(10-8-14)13(2)20-19(22)21-16-5-4-6-17-18(16)24-12-11-23-17/h4-10,13H,3,11-12H2,1-2H3,(H2,20,21,22). The second-order valence-corrected chi connectivity index (χ2v) is 5.75. The molecular formula is C19H22N2O3. The number of nitrogens with one attached hydrogen (secondary N) is 2. The fourth-order valence-corrected chi connectivity index (χ4v) is 2.65. The van der Waals surface area contributed by atoms with Crippen LogP contribution in [-0.4, -0.2) is 19.2 Å². The van der Waals surface area contributed by atoms with Crippen LogP contribution in [0.4, 0.5) is 10.5 Å². The van der Waals surface area contributed by atoms with Crippen LogP contribution in [-0.2, 0) is 6.42 Å². The van der Waals surface area contributed by atoms with Crippen molar-refractivity contribution in [3.05, 3.63) is 53.6 Å². The molecule has 0 radical (unpaired) electrons. The van der Waals surface area contributed by atoms with Crippen LogP contribution >= 0.6 is 0 Å². The number of carbonyl (C=O) groups excluding carboxylic acids is 1. The summed E-state index contributed by atoms with van der Waals surface area (Å²) in [6.07, 6.45) is 1.00. The predicted octanol–water partition coefficient (Wildman–Crippen LogP) is 3.90. The van der Waals surface area contributed by atoms with Gasteiger partial charge >= 0.3 is 6.03 Å². The zero-order chi connectivity index (χ0) is 16.9. The van der Waals surface area contributed by atoms with Crippen molar-refractivity contribution in [2.45, 2.75) is 26.3 Å². The topological polar surface area (TPSA) is 59.6 Å². The van der Waals surface area contributed by atoms with Gasteiger partial charge in [0, 0.05) is 0 Å². The van der Waals surface area contributed by atoms with E-state index in [1.807, 2.05) is 31.2 Å². The number of ether oxygens (including phenoxy) is 2. The zero-order valence-electron chi connectivity index (χ0n) is 14.0. The lowest BCUT2D eigenvalue weighted by molar-refractivity contribution is 0.172. The molecule has 2 N–H and O–H groups in total. The van der Waals surface area contributed by atoms with Crippen LogP contribution in [0, 0.1) is 0 Å². The van der Waals surface area contributed by atoms with E-state index in [1.54, 1.807) is 6.07 Å². The number of fused-ring (bicyclic) bond motifs is 1. The average Bonchev–Trinajstić information content (AvgIpc) is 2.62. The van der Waals surface area contributed by atoms with E-state index in [4.69, 9.17) is 9.47 Å². The molecule has 0 aliphatic carbocycles. The summed E-state index contributed by atoms with van der Waals surface area (Å²) in [6, 6.07) is 13.4. The Morgan fingerprint density at radius 3 is 2.62 bits per heavy atom. The van der Waals surface area contributed by atoms with Crippen molar-refractivity contribution in [1.82, 2.24) is 5.32 Å². The maximum absolute atomic E-state index is 12.3. The molecule has 1 atom stereocenters. The van der Waals surface area contributed by atoms with E-state index in [1.165, 1.54) is 5.56 Å². The number of rotatable bonds is 4. The van der Waals surface area contributed by atoms with Crippen LogP contribution in [0.25, 0.3) is 0 Å². The SMILES string of the molecule is CCc1ccc(C(C)NC(=O)Nc2cccc3c2OCCO3)cc1. The van der Waals surface area contributed by atoms with Crippen LogP contribution in [0.5, 0.6) is 11.5 Å². The highest BCUT2D eigenvalue weighted by molar-refractivity contribution is 5.91. The highest BCUT2D eigenvalue weighted by Crippen LogP contribution is 2.37. The van der Waals surface area contributed by atoms with E-state index in [0.29, 0.717) is 30.4 Å². The number of aryl methyl sites for hydroxylation is 1. The van der Waals surface area contributed by atoms with Gasteiger partial charge in [0.1, 0.15) is 13.2 Å². The summed E-state index contributed by atoms with van der Waals surface area (Å²) in [4.78, 5) is 12.3. The molecule has 126 valence electrons. The van der Waals surface area contributed by atoms with Crippen LogP contribution in [0.2, 0.25) is 0 Å². The molecule has 3 rings (SSSR count). The van der Waals surface area contributed by atoms with Crippen molar-refractivity contribution in [3.8, 4) is 11.5 Å². The molecule has 1 aliphatic heterocycles. The maximum Gasteiger partial charge on any atom is 0.319 e. The lowest BCUT2D eigenvalue weighted by Gasteiger charge is -2.22. The number of urea groups is 1. The van der Waals surface area contributed by atoms with Crippen LogP contribution < -0.4 is 20.1 Å². The van der Waals surface area contributed by atoms with Gasteiger partial charge < -0.3 is 20.1 Å². The van der Waals surface area contributed by atoms with Crippen molar-refractivity contribution in [1.29, 1.82) is 0 Å². The number of carbonyl (C=O) groups is 1. The quantitative estimate of drug-likeness (QED) is 0.896. The lowest BCUT2D eigenvalue weighted by Crippen LogP contribution is -2.31. The number of hydrogen-bond acceptors (Lipinski definition) is 3. The summed E-state index contributed by atoms with van der Waals surface area (Å²) in [7, 11) is 0. The summed E-state index contributed by atoms with van der Waals surface area (Å²) in [5, 5.41) is 5.78. The number of para-hydroxylation sites is 1. The summed E-state index contributed by atoms with van der Waals surface area (Å²) >= 11 is 0. The van der Waals surface area contributed by atoms with Gasteiger partial charge in [-0.05, 0) is 36.6 Å². The van der Waals surface area contributed by atoms with Gasteiger partial charge in [0.2, 0.25) is 0 Å². The Labute approximate surface area is 142 Å². The summed E-state index contributed by atoms with van der Waals surface area (Å²) in [5.74, 6) is 1.24. The first-order valence-electron chi connectivity index (χ1n) is 8.22. The molecule has 2 amide bonds. The van der Waals surface area contributed by atoms with E-state index in [-0.39, 0.29) is 12.1 Å². The average molecular weight is 326 g/mol. The Balaban J connectivity index is 1.65. The smallest absolute Gasteiger partial charge is 0.319 e. The number of benzene rings is 2. The van der Waals surface area contributed by atoms with E-state index >= 15 is 0 Å². The molecule has 0 saturated carbocycles. The molecule has 0 saturated heterocycles. The molecule has 1 aliphatic rings. The Bertz CT molecular complexity index is 713. The number of amides is 2. The molecule has 2 aromatic rings. The molecule has 24 heavy (non-hydrogen) atoms. The highest BCUT2D eigenvalue weighted by atomic mass is 16.6. The van der Waals surface area contributed by atoms with Crippen molar-refractivity contribution in [3.63, 3.8) is 0 Å². The normalized spacial score (nSPS) is 13.9. The van der Waals surface area contributed by atoms with E-state index in [9.17, 15) is 4.79 Å². The Morgan fingerprint density at radius 2 is 1.88 bits per heavy atom. The fraction of sp³-hybridized carbons (Fsp3) is 0.316. The third-order valence-corrected chi connectivity index (χ3v) is 4.05. The Morgan fingerprint density at radius 1 is 1.12 bits per heavy atom. The van der Waals surface area contributed by atoms with Gasteiger partial charge in [-0.15, -0.1) is 0 Å². The summed E-state index contributed by atoms with van der Waals surface area (Å²) in [6.45, 7) is 5.08. The van der Waals surface area contributed by atoms with Gasteiger partial charge in [0.05, 0.1) is 11.7 Å². The summed E-state index contributed by atoms with van der Waals surface area (Å²) < 4.78 is 11.1. The molecule has 0 spiro atoms. The van der Waals surface area contributed by atoms with Crippen molar-refractivity contribution in [2.24, 2.45) is 0 Å². The molecule has 0 fully saturated rings. The van der Waals surface area contributed by atoms with Crippen LogP contribution in [0.1, 0.15) is 31.0 Å².